The molecule has 4 aromatic rings. The summed E-state index contributed by atoms with van der Waals surface area (Å²) in [6.07, 6.45) is 0.279. The van der Waals surface area contributed by atoms with E-state index in [1.807, 2.05) is 31.3 Å². The molecule has 0 spiro atoms. The Morgan fingerprint density at radius 2 is 2.08 bits per heavy atom. The van der Waals surface area contributed by atoms with E-state index < -0.39 is 18.3 Å². The molecular formula is C29H32FN5O4. The zero-order valence-electron chi connectivity index (χ0n) is 22.3. The van der Waals surface area contributed by atoms with E-state index in [0.29, 0.717) is 30.0 Å². The van der Waals surface area contributed by atoms with Gasteiger partial charge in [-0.3, -0.25) is 4.79 Å². The predicted molar refractivity (Wildman–Crippen MR) is 146 cm³/mol. The topological polar surface area (TPSA) is 102 Å². The fraction of sp³-hybridized carbons (Fsp3) is 0.414. The van der Waals surface area contributed by atoms with Gasteiger partial charge >= 0.3 is 6.09 Å². The van der Waals surface area contributed by atoms with Gasteiger partial charge in [-0.25, -0.2) is 14.2 Å². The Kier molecular flexibility index (Phi) is 6.20. The van der Waals surface area contributed by atoms with Crippen molar-refractivity contribution in [3.8, 4) is 17.3 Å². The smallest absolute Gasteiger partial charge is 0.405 e. The predicted octanol–water partition coefficient (Wildman–Crippen LogP) is 4.61. The number of hydrogen-bond acceptors (Lipinski definition) is 4. The van der Waals surface area contributed by atoms with Crippen LogP contribution in [0.25, 0.3) is 33.5 Å². The van der Waals surface area contributed by atoms with Gasteiger partial charge in [-0.05, 0) is 61.9 Å². The van der Waals surface area contributed by atoms with Crippen LogP contribution < -0.4 is 10.1 Å². The molecule has 2 atom stereocenters. The van der Waals surface area contributed by atoms with Crippen LogP contribution >= 0.6 is 0 Å². The van der Waals surface area contributed by atoms with Gasteiger partial charge in [0.25, 0.3) is 5.91 Å². The lowest BCUT2D eigenvalue weighted by molar-refractivity contribution is 0.0697. The average molecular weight is 534 g/mol. The van der Waals surface area contributed by atoms with E-state index in [2.05, 4.69) is 26.6 Å². The van der Waals surface area contributed by atoms with Gasteiger partial charge in [0.2, 0.25) is 0 Å². The quantitative estimate of drug-likeness (QED) is 0.345. The number of hydrogen-bond donors (Lipinski definition) is 2. The maximum Gasteiger partial charge on any atom is 0.405 e. The number of amides is 2. The van der Waals surface area contributed by atoms with Crippen molar-refractivity contribution in [1.29, 1.82) is 0 Å². The Bertz CT molecular complexity index is 1600. The number of alkyl halides is 1. The maximum atomic E-state index is 14.1. The molecule has 0 bridgehead atoms. The van der Waals surface area contributed by atoms with Crippen molar-refractivity contribution in [2.75, 3.05) is 20.2 Å². The number of para-hydroxylation sites is 1. The Morgan fingerprint density at radius 3 is 2.77 bits per heavy atom. The lowest BCUT2D eigenvalue weighted by Crippen LogP contribution is -2.51. The summed E-state index contributed by atoms with van der Waals surface area (Å²) >= 11 is 0. The van der Waals surface area contributed by atoms with Crippen molar-refractivity contribution >= 4 is 33.9 Å². The summed E-state index contributed by atoms with van der Waals surface area (Å²) < 4.78 is 24.2. The standard InChI is InChI=1S/C29H32FN5O4/c1-16(30)22(32-29(37)38)15-34-10-9-18-11-23-21(13-20(18)28(34)36)31-27(33(23)2)24-12-19-5-4-6-25(39-3)26(19)35(24)14-17-7-8-17/h4-6,11-13,16-17,22,32H,7-10,14-15H2,1-3H3,(H,37,38). The van der Waals surface area contributed by atoms with Crippen molar-refractivity contribution in [3.63, 3.8) is 0 Å². The SMILES string of the molecule is COc1cccc2cc(-c3nc4cc5c(cc4n3C)CCN(CC(NC(=O)O)C(C)F)C5=O)n(CC3CC3)c12. The van der Waals surface area contributed by atoms with E-state index >= 15 is 0 Å². The zero-order chi connectivity index (χ0) is 27.4. The Labute approximate surface area is 225 Å². The Morgan fingerprint density at radius 1 is 1.28 bits per heavy atom. The summed E-state index contributed by atoms with van der Waals surface area (Å²) in [7, 11) is 3.69. The molecule has 1 saturated carbocycles. The number of carbonyl (C=O) groups is 2. The molecule has 1 fully saturated rings. The summed E-state index contributed by atoms with van der Waals surface area (Å²) in [6, 6.07) is 11.1. The number of benzene rings is 2. The normalized spacial score (nSPS) is 16.9. The van der Waals surface area contributed by atoms with Crippen molar-refractivity contribution in [1.82, 2.24) is 24.3 Å². The molecule has 1 aliphatic heterocycles. The fourth-order valence-corrected chi connectivity index (χ4v) is 5.71. The molecule has 0 saturated heterocycles. The highest BCUT2D eigenvalue weighted by Crippen LogP contribution is 2.39. The van der Waals surface area contributed by atoms with E-state index in [1.165, 1.54) is 24.7 Å². The van der Waals surface area contributed by atoms with Gasteiger partial charge < -0.3 is 29.2 Å². The second kappa shape index (κ2) is 9.59. The molecule has 2 aliphatic rings. The van der Waals surface area contributed by atoms with Crippen molar-refractivity contribution < 1.29 is 23.8 Å². The number of aromatic nitrogens is 3. The number of aryl methyl sites for hydroxylation is 1. The number of nitrogens with zero attached hydrogens (tertiary/aromatic N) is 4. The largest absolute Gasteiger partial charge is 0.495 e. The third kappa shape index (κ3) is 4.47. The molecule has 2 N–H and O–H groups in total. The number of ether oxygens (including phenoxy) is 1. The van der Waals surface area contributed by atoms with Gasteiger partial charge in [0.05, 0.1) is 35.4 Å². The van der Waals surface area contributed by atoms with Crippen molar-refractivity contribution in [3.05, 3.63) is 47.5 Å². The number of halogens is 1. The van der Waals surface area contributed by atoms with Crippen molar-refractivity contribution in [2.45, 2.75) is 44.9 Å². The number of carboxylic acid groups (broad SMARTS) is 1. The van der Waals surface area contributed by atoms with E-state index in [-0.39, 0.29) is 12.5 Å². The number of imidazole rings is 1. The minimum atomic E-state index is -1.43. The van der Waals surface area contributed by atoms with Gasteiger partial charge in [-0.15, -0.1) is 0 Å². The van der Waals surface area contributed by atoms with Gasteiger partial charge in [-0.2, -0.15) is 0 Å². The molecule has 1 aliphatic carbocycles. The molecule has 0 radical (unpaired) electrons. The first kappa shape index (κ1) is 25.2. The Hall–Kier alpha value is -4.08. The molecule has 2 aromatic heterocycles. The lowest BCUT2D eigenvalue weighted by Gasteiger charge is -2.32. The summed E-state index contributed by atoms with van der Waals surface area (Å²) in [5, 5.41) is 12.4. The molecular weight excluding hydrogens is 501 g/mol. The minimum Gasteiger partial charge on any atom is -0.495 e. The molecule has 2 unspecified atom stereocenters. The van der Waals surface area contributed by atoms with Crippen LogP contribution in [0.5, 0.6) is 5.75 Å². The summed E-state index contributed by atoms with van der Waals surface area (Å²) in [4.78, 5) is 31.0. The molecule has 204 valence electrons. The molecule has 2 amide bonds. The molecule has 9 nitrogen and oxygen atoms in total. The molecule has 10 heteroatoms. The number of rotatable bonds is 8. The first-order valence-corrected chi connectivity index (χ1v) is 13.3. The number of carbonyl (C=O) groups excluding carboxylic acids is 1. The average Bonchev–Trinajstić information content (AvgIpc) is 3.58. The van der Waals surface area contributed by atoms with E-state index in [4.69, 9.17) is 14.8 Å². The molecule has 6 rings (SSSR count). The van der Waals surface area contributed by atoms with E-state index in [1.54, 1.807) is 7.11 Å². The van der Waals surface area contributed by atoms with Crippen molar-refractivity contribution in [2.24, 2.45) is 13.0 Å². The van der Waals surface area contributed by atoms with Crippen LogP contribution in [0, 0.1) is 5.92 Å². The van der Waals surface area contributed by atoms with Crippen LogP contribution in [-0.4, -0.2) is 68.5 Å². The first-order valence-electron chi connectivity index (χ1n) is 13.3. The monoisotopic (exact) mass is 533 g/mol. The number of methoxy groups -OCH3 is 1. The van der Waals surface area contributed by atoms with Gasteiger partial charge in [0, 0.05) is 37.6 Å². The highest BCUT2D eigenvalue weighted by Gasteiger charge is 2.31. The zero-order valence-corrected chi connectivity index (χ0v) is 22.3. The van der Waals surface area contributed by atoms with Crippen LogP contribution in [-0.2, 0) is 20.0 Å². The van der Waals surface area contributed by atoms with Gasteiger partial charge in [0.1, 0.15) is 11.9 Å². The third-order valence-corrected chi connectivity index (χ3v) is 8.02. The number of fused-ring (bicyclic) bond motifs is 3. The highest BCUT2D eigenvalue weighted by atomic mass is 19.1. The number of nitrogens with one attached hydrogen (secondary N) is 1. The van der Waals surface area contributed by atoms with Crippen LogP contribution in [0.4, 0.5) is 9.18 Å². The Balaban J connectivity index is 1.40. The van der Waals surface area contributed by atoms with Gasteiger partial charge in [0.15, 0.2) is 5.82 Å². The van der Waals surface area contributed by atoms with E-state index in [0.717, 1.165) is 45.8 Å². The maximum absolute atomic E-state index is 14.1. The summed E-state index contributed by atoms with van der Waals surface area (Å²) in [5.74, 6) is 2.04. The van der Waals surface area contributed by atoms with Crippen LogP contribution in [0.1, 0.15) is 35.7 Å². The summed E-state index contributed by atoms with van der Waals surface area (Å²) in [5.41, 5.74) is 5.14. The third-order valence-electron chi connectivity index (χ3n) is 8.02. The lowest BCUT2D eigenvalue weighted by atomic mass is 9.97. The molecule has 3 heterocycles. The second-order valence-corrected chi connectivity index (χ2v) is 10.7. The fourth-order valence-electron chi connectivity index (χ4n) is 5.71. The van der Waals surface area contributed by atoms with Gasteiger partial charge in [-0.1, -0.05) is 12.1 Å². The molecule has 39 heavy (non-hydrogen) atoms. The van der Waals surface area contributed by atoms with Crippen LogP contribution in [0.15, 0.2) is 36.4 Å². The van der Waals surface area contributed by atoms with E-state index in [9.17, 15) is 14.0 Å². The highest BCUT2D eigenvalue weighted by molar-refractivity contribution is 6.01. The molecule has 2 aromatic carbocycles. The summed E-state index contributed by atoms with van der Waals surface area (Å²) in [6.45, 7) is 2.55. The minimum absolute atomic E-state index is 0.0309. The van der Waals surface area contributed by atoms with Crippen LogP contribution in [0.2, 0.25) is 0 Å². The van der Waals surface area contributed by atoms with Crippen LogP contribution in [0.3, 0.4) is 0 Å². The first-order chi connectivity index (χ1) is 18.7. The second-order valence-electron chi connectivity index (χ2n) is 10.7.